The molecule has 18 heavy (non-hydrogen) atoms. The van der Waals surface area contributed by atoms with Gasteiger partial charge in [0.15, 0.2) is 0 Å². The number of halogens is 1. The van der Waals surface area contributed by atoms with Crippen LogP contribution < -0.4 is 5.73 Å². The first-order valence-electron chi connectivity index (χ1n) is 6.02. The Kier molecular flexibility index (Phi) is 4.57. The van der Waals surface area contributed by atoms with Gasteiger partial charge in [0.25, 0.3) is 0 Å². The van der Waals surface area contributed by atoms with Gasteiger partial charge in [0.2, 0.25) is 0 Å². The molecule has 0 heterocycles. The van der Waals surface area contributed by atoms with Gasteiger partial charge < -0.3 is 5.73 Å². The number of rotatable bonds is 4. The minimum Gasteiger partial charge on any atom is -0.330 e. The monoisotopic (exact) mass is 257 g/mol. The lowest BCUT2D eigenvalue weighted by Crippen LogP contribution is -1.94. The molecular formula is C16H16ClN. The zero-order valence-electron chi connectivity index (χ0n) is 10.1. The molecule has 2 rings (SSSR count). The van der Waals surface area contributed by atoms with Crippen molar-refractivity contribution in [2.24, 2.45) is 5.73 Å². The highest BCUT2D eigenvalue weighted by Crippen LogP contribution is 2.22. The average Bonchev–Trinajstić information content (AvgIpc) is 2.41. The lowest BCUT2D eigenvalue weighted by molar-refractivity contribution is 1.01. The summed E-state index contributed by atoms with van der Waals surface area (Å²) in [5.41, 5.74) is 9.01. The number of nitrogens with two attached hydrogens (primary N) is 1. The summed E-state index contributed by atoms with van der Waals surface area (Å²) < 4.78 is 0. The van der Waals surface area contributed by atoms with Gasteiger partial charge in [-0.1, -0.05) is 60.2 Å². The van der Waals surface area contributed by atoms with Crippen LogP contribution in [-0.4, -0.2) is 6.54 Å². The Bertz CT molecular complexity index is 512. The van der Waals surface area contributed by atoms with E-state index in [1.54, 1.807) is 0 Å². The van der Waals surface area contributed by atoms with Crippen LogP contribution in [0, 0.1) is 0 Å². The highest BCUT2D eigenvalue weighted by Gasteiger charge is 1.97. The van der Waals surface area contributed by atoms with E-state index in [9.17, 15) is 0 Å². The molecule has 0 amide bonds. The molecule has 92 valence electrons. The van der Waals surface area contributed by atoms with Gasteiger partial charge in [-0.3, -0.25) is 0 Å². The second kappa shape index (κ2) is 6.39. The topological polar surface area (TPSA) is 26.0 Å². The van der Waals surface area contributed by atoms with E-state index in [0.717, 1.165) is 11.4 Å². The van der Waals surface area contributed by atoms with Gasteiger partial charge >= 0.3 is 0 Å². The highest BCUT2D eigenvalue weighted by molar-refractivity contribution is 6.30. The Morgan fingerprint density at radius 1 is 0.889 bits per heavy atom. The van der Waals surface area contributed by atoms with Crippen LogP contribution in [0.15, 0.2) is 54.6 Å². The van der Waals surface area contributed by atoms with Crippen molar-refractivity contribution in [1.29, 1.82) is 0 Å². The molecule has 0 atom stereocenters. The average molecular weight is 258 g/mol. The van der Waals surface area contributed by atoms with E-state index >= 15 is 0 Å². The lowest BCUT2D eigenvalue weighted by Gasteiger charge is -2.02. The van der Waals surface area contributed by atoms with Crippen LogP contribution >= 0.6 is 11.6 Å². The maximum absolute atomic E-state index is 5.88. The molecule has 2 N–H and O–H groups in total. The molecule has 0 aliphatic rings. The van der Waals surface area contributed by atoms with Crippen LogP contribution in [0.2, 0.25) is 5.02 Å². The molecule has 0 unspecified atom stereocenters. The third-order valence-corrected chi connectivity index (χ3v) is 2.98. The Hall–Kier alpha value is -1.57. The van der Waals surface area contributed by atoms with Gasteiger partial charge in [0, 0.05) is 5.02 Å². The Labute approximate surface area is 113 Å². The summed E-state index contributed by atoms with van der Waals surface area (Å²) in [6, 6.07) is 16.3. The van der Waals surface area contributed by atoms with E-state index in [2.05, 4.69) is 36.4 Å². The molecule has 1 nitrogen and oxygen atoms in total. The van der Waals surface area contributed by atoms with Crippen LogP contribution in [-0.2, 0) is 0 Å². The zero-order valence-corrected chi connectivity index (χ0v) is 10.9. The summed E-state index contributed by atoms with van der Waals surface area (Å²) in [7, 11) is 0. The van der Waals surface area contributed by atoms with Crippen molar-refractivity contribution in [2.45, 2.75) is 6.42 Å². The third kappa shape index (κ3) is 3.46. The fourth-order valence-electron chi connectivity index (χ4n) is 1.74. The molecule has 0 aliphatic heterocycles. The molecule has 0 bridgehead atoms. The maximum atomic E-state index is 5.88. The fourth-order valence-corrected chi connectivity index (χ4v) is 1.87. The first-order valence-corrected chi connectivity index (χ1v) is 6.40. The molecule has 2 aromatic carbocycles. The predicted octanol–water partition coefficient (Wildman–Crippen LogP) is 4.37. The minimum absolute atomic E-state index is 0.694. The summed E-state index contributed by atoms with van der Waals surface area (Å²) in [6.45, 7) is 0.694. The third-order valence-electron chi connectivity index (χ3n) is 2.73. The largest absolute Gasteiger partial charge is 0.330 e. The predicted molar refractivity (Wildman–Crippen MR) is 79.6 cm³/mol. The highest BCUT2D eigenvalue weighted by atomic mass is 35.5. The van der Waals surface area contributed by atoms with Crippen LogP contribution in [0.4, 0.5) is 0 Å². The van der Waals surface area contributed by atoms with Crippen molar-refractivity contribution >= 4 is 17.7 Å². The van der Waals surface area contributed by atoms with Crippen molar-refractivity contribution in [1.82, 2.24) is 0 Å². The lowest BCUT2D eigenvalue weighted by atomic mass is 10.0. The van der Waals surface area contributed by atoms with Crippen molar-refractivity contribution in [3.63, 3.8) is 0 Å². The molecule has 0 spiro atoms. The fraction of sp³-hybridized carbons (Fsp3) is 0.125. The first kappa shape index (κ1) is 12.9. The summed E-state index contributed by atoms with van der Waals surface area (Å²) in [5.74, 6) is 0. The summed E-state index contributed by atoms with van der Waals surface area (Å²) in [4.78, 5) is 0. The van der Waals surface area contributed by atoms with Crippen LogP contribution in [0.5, 0.6) is 0 Å². The van der Waals surface area contributed by atoms with E-state index in [-0.39, 0.29) is 0 Å². The van der Waals surface area contributed by atoms with Gasteiger partial charge in [0.1, 0.15) is 0 Å². The van der Waals surface area contributed by atoms with E-state index in [0.29, 0.717) is 6.54 Å². The maximum Gasteiger partial charge on any atom is 0.0406 e. The minimum atomic E-state index is 0.694. The Morgan fingerprint density at radius 2 is 1.44 bits per heavy atom. The molecule has 0 aromatic heterocycles. The molecule has 0 aliphatic carbocycles. The number of hydrogen-bond donors (Lipinski definition) is 1. The van der Waals surface area contributed by atoms with Gasteiger partial charge in [-0.05, 0) is 41.8 Å². The molecule has 0 radical (unpaired) electrons. The quantitative estimate of drug-likeness (QED) is 0.865. The van der Waals surface area contributed by atoms with Crippen molar-refractivity contribution < 1.29 is 0 Å². The molecule has 2 aromatic rings. The molecule has 0 fully saturated rings. The number of hydrogen-bond acceptors (Lipinski definition) is 1. The van der Waals surface area contributed by atoms with Crippen molar-refractivity contribution in [3.05, 3.63) is 65.2 Å². The van der Waals surface area contributed by atoms with Crippen molar-refractivity contribution in [3.8, 4) is 11.1 Å². The SMILES string of the molecule is NCC/C=C/c1ccc(-c2ccc(Cl)cc2)cc1. The second-order valence-electron chi connectivity index (χ2n) is 4.11. The Morgan fingerprint density at radius 3 is 2.00 bits per heavy atom. The van der Waals surface area contributed by atoms with Crippen LogP contribution in [0.25, 0.3) is 17.2 Å². The first-order chi connectivity index (χ1) is 8.79. The summed E-state index contributed by atoms with van der Waals surface area (Å²) >= 11 is 5.88. The normalized spacial score (nSPS) is 11.0. The second-order valence-corrected chi connectivity index (χ2v) is 4.55. The number of benzene rings is 2. The molecular weight excluding hydrogens is 242 g/mol. The Balaban J connectivity index is 2.14. The molecule has 2 heteroatoms. The van der Waals surface area contributed by atoms with E-state index < -0.39 is 0 Å². The van der Waals surface area contributed by atoms with Crippen LogP contribution in [0.3, 0.4) is 0 Å². The van der Waals surface area contributed by atoms with Gasteiger partial charge in [-0.25, -0.2) is 0 Å². The van der Waals surface area contributed by atoms with Crippen LogP contribution in [0.1, 0.15) is 12.0 Å². The van der Waals surface area contributed by atoms with E-state index in [4.69, 9.17) is 17.3 Å². The van der Waals surface area contributed by atoms with E-state index in [1.165, 1.54) is 16.7 Å². The summed E-state index contributed by atoms with van der Waals surface area (Å²) in [6.07, 6.45) is 5.11. The molecule has 0 saturated heterocycles. The standard InChI is InChI=1S/C16H16ClN/c17-16-10-8-15(9-11-16)14-6-4-13(5-7-14)3-1-2-12-18/h1,3-11H,2,12,18H2/b3-1+. The smallest absolute Gasteiger partial charge is 0.0406 e. The molecule has 0 saturated carbocycles. The van der Waals surface area contributed by atoms with E-state index in [1.807, 2.05) is 24.3 Å². The van der Waals surface area contributed by atoms with Gasteiger partial charge in [-0.2, -0.15) is 0 Å². The van der Waals surface area contributed by atoms with Gasteiger partial charge in [-0.15, -0.1) is 0 Å². The van der Waals surface area contributed by atoms with Crippen molar-refractivity contribution in [2.75, 3.05) is 6.54 Å². The van der Waals surface area contributed by atoms with Gasteiger partial charge in [0.05, 0.1) is 0 Å². The zero-order chi connectivity index (χ0) is 12.8. The summed E-state index contributed by atoms with van der Waals surface area (Å²) in [5, 5.41) is 0.764.